The highest BCUT2D eigenvalue weighted by molar-refractivity contribution is 5.08. The lowest BCUT2D eigenvalue weighted by Gasteiger charge is -2.24. The molecule has 0 unspecified atom stereocenters. The number of rotatable bonds is 1. The second-order valence-corrected chi connectivity index (χ2v) is 3.97. The zero-order valence-corrected chi connectivity index (χ0v) is 8.12. The molecule has 0 bridgehead atoms. The summed E-state index contributed by atoms with van der Waals surface area (Å²) in [5, 5.41) is 3.30. The van der Waals surface area contributed by atoms with E-state index in [1.165, 1.54) is 0 Å². The molecule has 2 aliphatic rings. The van der Waals surface area contributed by atoms with Crippen LogP contribution in [0.25, 0.3) is 0 Å². The van der Waals surface area contributed by atoms with Gasteiger partial charge in [0.2, 0.25) is 6.10 Å². The van der Waals surface area contributed by atoms with Gasteiger partial charge >= 0.3 is 0 Å². The van der Waals surface area contributed by atoms with Gasteiger partial charge in [-0.1, -0.05) is 6.08 Å². The van der Waals surface area contributed by atoms with Crippen LogP contribution in [0.5, 0.6) is 0 Å². The standard InChI is InChI=1S/C10H16NO2/c1-4-7-9-8(5-6-11-7)12-10(2,3)13-9/h4-5,7-9,11H,1,6H2,2-3H3/q+1/t7-,8+,9-/m0/s1. The molecule has 0 aromatic rings. The Balaban J connectivity index is 2.12. The molecule has 2 saturated heterocycles. The zero-order valence-electron chi connectivity index (χ0n) is 8.12. The first-order valence-corrected chi connectivity index (χ1v) is 4.67. The third-order valence-electron chi connectivity index (χ3n) is 2.48. The molecule has 0 spiro atoms. The molecule has 0 radical (unpaired) electrons. The third kappa shape index (κ3) is 1.59. The van der Waals surface area contributed by atoms with Gasteiger partial charge in [0.1, 0.15) is 19.1 Å². The van der Waals surface area contributed by atoms with Crippen LogP contribution in [-0.2, 0) is 9.47 Å². The van der Waals surface area contributed by atoms with E-state index in [9.17, 15) is 0 Å². The summed E-state index contributed by atoms with van der Waals surface area (Å²) in [4.78, 5) is 0. The van der Waals surface area contributed by atoms with Crippen molar-refractivity contribution in [3.8, 4) is 0 Å². The fraction of sp³-hybridized carbons (Fsp3) is 0.700. The van der Waals surface area contributed by atoms with Crippen LogP contribution in [0.2, 0.25) is 0 Å². The van der Waals surface area contributed by atoms with Crippen molar-refractivity contribution in [2.24, 2.45) is 0 Å². The van der Waals surface area contributed by atoms with Gasteiger partial charge in [0, 0.05) is 0 Å². The average molecular weight is 182 g/mol. The number of nitrogens with one attached hydrogen (secondary N) is 1. The number of hydrogen-bond acceptors (Lipinski definition) is 3. The van der Waals surface area contributed by atoms with E-state index in [0.717, 1.165) is 6.54 Å². The van der Waals surface area contributed by atoms with Crippen LogP contribution in [0, 0.1) is 6.42 Å². The first kappa shape index (κ1) is 9.06. The summed E-state index contributed by atoms with van der Waals surface area (Å²) >= 11 is 0. The first-order valence-electron chi connectivity index (χ1n) is 4.67. The molecule has 13 heavy (non-hydrogen) atoms. The average Bonchev–Trinajstić information content (AvgIpc) is 2.37. The molecule has 1 N–H and O–H groups in total. The Bertz CT molecular complexity index is 215. The summed E-state index contributed by atoms with van der Waals surface area (Å²) in [5.74, 6) is -0.459. The van der Waals surface area contributed by atoms with E-state index < -0.39 is 5.79 Å². The summed E-state index contributed by atoms with van der Waals surface area (Å²) in [6, 6.07) is 0.205. The van der Waals surface area contributed by atoms with Gasteiger partial charge < -0.3 is 9.47 Å². The maximum absolute atomic E-state index is 5.77. The largest absolute Gasteiger partial charge is 0.338 e. The van der Waals surface area contributed by atoms with Gasteiger partial charge in [-0.2, -0.15) is 0 Å². The molecule has 0 aromatic heterocycles. The second kappa shape index (κ2) is 3.01. The fourth-order valence-corrected chi connectivity index (χ4v) is 1.93. The van der Waals surface area contributed by atoms with Crippen molar-refractivity contribution in [2.75, 3.05) is 6.54 Å². The summed E-state index contributed by atoms with van der Waals surface area (Å²) in [6.45, 7) is 8.53. The summed E-state index contributed by atoms with van der Waals surface area (Å²) < 4.78 is 11.5. The van der Waals surface area contributed by atoms with Crippen molar-refractivity contribution < 1.29 is 9.47 Å². The Morgan fingerprint density at radius 2 is 2.31 bits per heavy atom. The van der Waals surface area contributed by atoms with Crippen molar-refractivity contribution in [3.63, 3.8) is 0 Å². The van der Waals surface area contributed by atoms with Crippen molar-refractivity contribution in [1.82, 2.24) is 5.32 Å². The van der Waals surface area contributed by atoms with Crippen LogP contribution in [0.1, 0.15) is 13.8 Å². The Labute approximate surface area is 79.1 Å². The van der Waals surface area contributed by atoms with Crippen molar-refractivity contribution in [2.45, 2.75) is 37.9 Å². The fourth-order valence-electron chi connectivity index (χ4n) is 1.93. The molecule has 3 heteroatoms. The normalized spacial score (nSPS) is 42.2. The molecule has 3 nitrogen and oxygen atoms in total. The van der Waals surface area contributed by atoms with Gasteiger partial charge in [-0.05, 0) is 13.8 Å². The lowest BCUT2D eigenvalue weighted by molar-refractivity contribution is -0.144. The van der Waals surface area contributed by atoms with Crippen LogP contribution >= 0.6 is 0 Å². The number of piperidine rings is 1. The van der Waals surface area contributed by atoms with Crippen molar-refractivity contribution in [1.29, 1.82) is 0 Å². The Morgan fingerprint density at radius 1 is 1.54 bits per heavy atom. The maximum atomic E-state index is 5.77. The van der Waals surface area contributed by atoms with Crippen LogP contribution in [0.3, 0.4) is 0 Å². The van der Waals surface area contributed by atoms with E-state index in [4.69, 9.17) is 9.47 Å². The molecule has 0 amide bonds. The van der Waals surface area contributed by atoms with E-state index in [1.807, 2.05) is 19.9 Å². The lowest BCUT2D eigenvalue weighted by atomic mass is 9.99. The second-order valence-electron chi connectivity index (χ2n) is 3.97. The van der Waals surface area contributed by atoms with Gasteiger partial charge in [-0.15, -0.1) is 6.58 Å². The van der Waals surface area contributed by atoms with Crippen LogP contribution in [0.15, 0.2) is 12.7 Å². The molecule has 2 aliphatic heterocycles. The molecule has 3 atom stereocenters. The van der Waals surface area contributed by atoms with Crippen LogP contribution < -0.4 is 5.32 Å². The molecule has 0 aliphatic carbocycles. The molecule has 0 saturated carbocycles. The number of ether oxygens (including phenoxy) is 2. The molecular weight excluding hydrogens is 166 g/mol. The minimum atomic E-state index is -0.459. The zero-order chi connectivity index (χ0) is 9.47. The minimum Gasteiger partial charge on any atom is -0.338 e. The lowest BCUT2D eigenvalue weighted by Crippen LogP contribution is -2.50. The van der Waals surface area contributed by atoms with Crippen LogP contribution in [0.4, 0.5) is 0 Å². The Hall–Kier alpha value is -0.510. The molecule has 72 valence electrons. The molecule has 2 fully saturated rings. The SMILES string of the molecule is C=C[C@@H]1NC[CH+][C@H]2OC(C)(C)O[C@@H]12. The van der Waals surface area contributed by atoms with Gasteiger partial charge in [-0.3, -0.25) is 5.32 Å². The quantitative estimate of drug-likeness (QED) is 0.482. The predicted molar refractivity (Wildman–Crippen MR) is 50.1 cm³/mol. The van der Waals surface area contributed by atoms with E-state index >= 15 is 0 Å². The topological polar surface area (TPSA) is 30.5 Å². The van der Waals surface area contributed by atoms with E-state index in [0.29, 0.717) is 0 Å². The van der Waals surface area contributed by atoms with Crippen LogP contribution in [-0.4, -0.2) is 30.6 Å². The smallest absolute Gasteiger partial charge is 0.229 e. The van der Waals surface area contributed by atoms with E-state index in [1.54, 1.807) is 0 Å². The highest BCUT2D eigenvalue weighted by atomic mass is 16.8. The third-order valence-corrected chi connectivity index (χ3v) is 2.48. The van der Waals surface area contributed by atoms with Gasteiger partial charge in [0.05, 0.1) is 6.04 Å². The Morgan fingerprint density at radius 3 is 3.00 bits per heavy atom. The van der Waals surface area contributed by atoms with E-state index in [-0.39, 0.29) is 18.2 Å². The Kier molecular flexibility index (Phi) is 2.10. The summed E-state index contributed by atoms with van der Waals surface area (Å²) in [7, 11) is 0. The molecule has 2 heterocycles. The minimum absolute atomic E-state index is 0.0845. The van der Waals surface area contributed by atoms with Crippen molar-refractivity contribution in [3.05, 3.63) is 19.1 Å². The van der Waals surface area contributed by atoms with Gasteiger partial charge in [-0.25, -0.2) is 0 Å². The predicted octanol–water partition coefficient (Wildman–Crippen LogP) is 0.869. The highest BCUT2D eigenvalue weighted by Gasteiger charge is 2.51. The van der Waals surface area contributed by atoms with E-state index in [2.05, 4.69) is 18.3 Å². The molecular formula is C10H16NO2+. The van der Waals surface area contributed by atoms with Gasteiger partial charge in [0.25, 0.3) is 0 Å². The van der Waals surface area contributed by atoms with Crippen molar-refractivity contribution >= 4 is 0 Å². The molecule has 2 rings (SSSR count). The molecule has 0 aromatic carbocycles. The first-order chi connectivity index (χ1) is 6.12. The number of fused-ring (bicyclic) bond motifs is 1. The van der Waals surface area contributed by atoms with Gasteiger partial charge in [0.15, 0.2) is 5.79 Å². The maximum Gasteiger partial charge on any atom is 0.229 e. The summed E-state index contributed by atoms with van der Waals surface area (Å²) in [6.07, 6.45) is 4.19. The monoisotopic (exact) mass is 182 g/mol. The highest BCUT2D eigenvalue weighted by Crippen LogP contribution is 2.33. The summed E-state index contributed by atoms with van der Waals surface area (Å²) in [5.41, 5.74) is 0. The number of hydrogen-bond donors (Lipinski definition) is 1.